The van der Waals surface area contributed by atoms with Crippen molar-refractivity contribution in [1.82, 2.24) is 0 Å². The van der Waals surface area contributed by atoms with Crippen molar-refractivity contribution in [2.24, 2.45) is 5.73 Å². The van der Waals surface area contributed by atoms with E-state index in [0.29, 0.717) is 6.54 Å². The predicted octanol–water partition coefficient (Wildman–Crippen LogP) is 1.61. The highest BCUT2D eigenvalue weighted by Crippen LogP contribution is 2.17. The molecule has 0 spiro atoms. The Kier molecular flexibility index (Phi) is 2.83. The second-order valence-electron chi connectivity index (χ2n) is 2.32. The summed E-state index contributed by atoms with van der Waals surface area (Å²) in [7, 11) is 0. The predicted molar refractivity (Wildman–Crippen MR) is 49.0 cm³/mol. The Labute approximate surface area is 78.3 Å². The molecule has 3 N–H and O–H groups in total. The molecule has 0 aliphatic carbocycles. The minimum Gasteiger partial charge on any atom is -0.478 e. The molecule has 0 saturated carbocycles. The van der Waals surface area contributed by atoms with Gasteiger partial charge in [0.2, 0.25) is 0 Å². The van der Waals surface area contributed by atoms with Crippen molar-refractivity contribution >= 4 is 21.9 Å². The Bertz CT molecular complexity index is 312. The maximum atomic E-state index is 10.5. The monoisotopic (exact) mass is 229 g/mol. The number of carboxylic acids is 1. The van der Waals surface area contributed by atoms with Crippen LogP contribution in [-0.2, 0) is 6.54 Å². The lowest BCUT2D eigenvalue weighted by molar-refractivity contribution is 0.0697. The molecule has 12 heavy (non-hydrogen) atoms. The summed E-state index contributed by atoms with van der Waals surface area (Å²) >= 11 is 3.23. The van der Waals surface area contributed by atoms with Crippen LogP contribution < -0.4 is 5.73 Å². The Morgan fingerprint density at radius 2 is 2.25 bits per heavy atom. The molecule has 1 aromatic carbocycles. The molecular weight excluding hydrogens is 222 g/mol. The molecule has 64 valence electrons. The van der Waals surface area contributed by atoms with Crippen LogP contribution in [0.1, 0.15) is 15.9 Å². The summed E-state index contributed by atoms with van der Waals surface area (Å²) in [5.74, 6) is -0.931. The van der Waals surface area contributed by atoms with Gasteiger partial charge in [0.15, 0.2) is 0 Å². The first-order valence-corrected chi connectivity index (χ1v) is 4.16. The van der Waals surface area contributed by atoms with Crippen molar-refractivity contribution in [3.63, 3.8) is 0 Å². The van der Waals surface area contributed by atoms with Crippen LogP contribution in [0.5, 0.6) is 0 Å². The smallest absolute Gasteiger partial charge is 0.335 e. The van der Waals surface area contributed by atoms with Crippen molar-refractivity contribution in [3.05, 3.63) is 33.8 Å². The maximum Gasteiger partial charge on any atom is 0.335 e. The quantitative estimate of drug-likeness (QED) is 0.811. The van der Waals surface area contributed by atoms with E-state index in [-0.39, 0.29) is 5.56 Å². The first-order valence-electron chi connectivity index (χ1n) is 3.37. The minimum atomic E-state index is -0.931. The molecule has 0 bridgehead atoms. The van der Waals surface area contributed by atoms with Crippen molar-refractivity contribution < 1.29 is 9.90 Å². The van der Waals surface area contributed by atoms with E-state index >= 15 is 0 Å². The Balaban J connectivity index is 3.10. The Hall–Kier alpha value is -0.870. The van der Waals surface area contributed by atoms with Crippen LogP contribution in [0.2, 0.25) is 0 Å². The number of carboxylic acid groups (broad SMARTS) is 1. The summed E-state index contributed by atoms with van der Waals surface area (Å²) in [6, 6.07) is 4.79. The number of aromatic carboxylic acids is 1. The topological polar surface area (TPSA) is 63.3 Å². The zero-order valence-corrected chi connectivity index (χ0v) is 7.84. The summed E-state index contributed by atoms with van der Waals surface area (Å²) in [5.41, 5.74) is 6.57. The molecule has 3 nitrogen and oxygen atoms in total. The number of halogens is 1. The van der Waals surface area contributed by atoms with Gasteiger partial charge in [0.05, 0.1) is 5.56 Å². The molecule has 1 aromatic rings. The summed E-state index contributed by atoms with van der Waals surface area (Å²) in [4.78, 5) is 10.5. The fourth-order valence-electron chi connectivity index (χ4n) is 0.846. The summed E-state index contributed by atoms with van der Waals surface area (Å²) in [5, 5.41) is 8.62. The highest BCUT2D eigenvalue weighted by atomic mass is 79.9. The second kappa shape index (κ2) is 3.69. The number of benzene rings is 1. The molecule has 0 saturated heterocycles. The van der Waals surface area contributed by atoms with Gasteiger partial charge < -0.3 is 10.8 Å². The SMILES string of the molecule is NCc1ccc(C(=O)O)cc1Br. The molecule has 0 radical (unpaired) electrons. The van der Waals surface area contributed by atoms with Gasteiger partial charge >= 0.3 is 5.97 Å². The number of rotatable bonds is 2. The van der Waals surface area contributed by atoms with Crippen LogP contribution in [0, 0.1) is 0 Å². The average molecular weight is 230 g/mol. The van der Waals surface area contributed by atoms with Crippen LogP contribution in [0.3, 0.4) is 0 Å². The normalized spacial score (nSPS) is 9.83. The molecule has 0 aromatic heterocycles. The first-order chi connectivity index (χ1) is 5.65. The van der Waals surface area contributed by atoms with Crippen molar-refractivity contribution in [2.75, 3.05) is 0 Å². The highest BCUT2D eigenvalue weighted by molar-refractivity contribution is 9.10. The molecule has 0 amide bonds. The standard InChI is InChI=1S/C8H8BrNO2/c9-7-3-5(8(11)12)1-2-6(7)4-10/h1-3H,4,10H2,(H,11,12). The van der Waals surface area contributed by atoms with Crippen molar-refractivity contribution in [3.8, 4) is 0 Å². The molecule has 0 fully saturated rings. The van der Waals surface area contributed by atoms with Gasteiger partial charge in [-0.1, -0.05) is 22.0 Å². The fourth-order valence-corrected chi connectivity index (χ4v) is 1.39. The second-order valence-corrected chi connectivity index (χ2v) is 3.17. The third kappa shape index (κ3) is 1.84. The third-order valence-electron chi connectivity index (χ3n) is 1.52. The van der Waals surface area contributed by atoms with Gasteiger partial charge in [-0.3, -0.25) is 0 Å². The number of hydrogen-bond acceptors (Lipinski definition) is 2. The van der Waals surface area contributed by atoms with E-state index in [1.807, 2.05) is 0 Å². The molecule has 0 atom stereocenters. The van der Waals surface area contributed by atoms with Crippen LogP contribution in [0.25, 0.3) is 0 Å². The zero-order valence-electron chi connectivity index (χ0n) is 6.25. The van der Waals surface area contributed by atoms with Gasteiger partial charge in [0, 0.05) is 11.0 Å². The molecule has 0 aliphatic rings. The van der Waals surface area contributed by atoms with Crippen molar-refractivity contribution in [1.29, 1.82) is 0 Å². The summed E-state index contributed by atoms with van der Waals surface area (Å²) in [6.45, 7) is 0.403. The molecule has 0 unspecified atom stereocenters. The number of hydrogen-bond donors (Lipinski definition) is 2. The van der Waals surface area contributed by atoms with E-state index in [1.54, 1.807) is 12.1 Å². The Morgan fingerprint density at radius 1 is 1.58 bits per heavy atom. The molecule has 1 rings (SSSR count). The van der Waals surface area contributed by atoms with Crippen molar-refractivity contribution in [2.45, 2.75) is 6.54 Å². The van der Waals surface area contributed by atoms with E-state index in [0.717, 1.165) is 10.0 Å². The van der Waals surface area contributed by atoms with Gasteiger partial charge in [-0.25, -0.2) is 4.79 Å². The highest BCUT2D eigenvalue weighted by Gasteiger charge is 2.04. The lowest BCUT2D eigenvalue weighted by atomic mass is 10.1. The molecular formula is C8H8BrNO2. The summed E-state index contributed by atoms with van der Waals surface area (Å²) in [6.07, 6.45) is 0. The third-order valence-corrected chi connectivity index (χ3v) is 2.26. The van der Waals surface area contributed by atoms with E-state index in [2.05, 4.69) is 15.9 Å². The lowest BCUT2D eigenvalue weighted by Gasteiger charge is -2.01. The Morgan fingerprint density at radius 3 is 2.67 bits per heavy atom. The van der Waals surface area contributed by atoms with Gasteiger partial charge in [0.25, 0.3) is 0 Å². The van der Waals surface area contributed by atoms with Crippen LogP contribution in [0.15, 0.2) is 22.7 Å². The van der Waals surface area contributed by atoms with Gasteiger partial charge in [0.1, 0.15) is 0 Å². The van der Waals surface area contributed by atoms with Crippen LogP contribution >= 0.6 is 15.9 Å². The van der Waals surface area contributed by atoms with Crippen LogP contribution in [-0.4, -0.2) is 11.1 Å². The van der Waals surface area contributed by atoms with Gasteiger partial charge in [-0.15, -0.1) is 0 Å². The first kappa shape index (κ1) is 9.22. The van der Waals surface area contributed by atoms with E-state index in [1.165, 1.54) is 6.07 Å². The van der Waals surface area contributed by atoms with E-state index in [9.17, 15) is 4.79 Å². The maximum absolute atomic E-state index is 10.5. The molecule has 0 aliphatic heterocycles. The zero-order chi connectivity index (χ0) is 9.14. The number of nitrogens with two attached hydrogens (primary N) is 1. The summed E-state index contributed by atoms with van der Waals surface area (Å²) < 4.78 is 0.741. The molecule has 4 heteroatoms. The van der Waals surface area contributed by atoms with E-state index in [4.69, 9.17) is 10.8 Å². The average Bonchev–Trinajstić information content (AvgIpc) is 2.04. The van der Waals surface area contributed by atoms with Gasteiger partial charge in [-0.2, -0.15) is 0 Å². The lowest BCUT2D eigenvalue weighted by Crippen LogP contribution is -2.00. The van der Waals surface area contributed by atoms with Gasteiger partial charge in [-0.05, 0) is 17.7 Å². The number of carbonyl (C=O) groups is 1. The minimum absolute atomic E-state index is 0.263. The largest absolute Gasteiger partial charge is 0.478 e. The van der Waals surface area contributed by atoms with E-state index < -0.39 is 5.97 Å². The fraction of sp³-hybridized carbons (Fsp3) is 0.125. The van der Waals surface area contributed by atoms with Crippen LogP contribution in [0.4, 0.5) is 0 Å². The molecule has 0 heterocycles.